The van der Waals surface area contributed by atoms with Crippen molar-refractivity contribution in [3.05, 3.63) is 48.3 Å². The van der Waals surface area contributed by atoms with Gasteiger partial charge >= 0.3 is 0 Å². The fourth-order valence-corrected chi connectivity index (χ4v) is 0.693. The van der Waals surface area contributed by atoms with Crippen molar-refractivity contribution in [3.63, 3.8) is 0 Å². The Hall–Kier alpha value is -1.44. The minimum absolute atomic E-state index is 0.968. The standard InChI is InChI=1S/2C5H6O.2C3H8/c1-5-2-3-6-4-5;1-5-3-2-4-6-5;2*1-3-2/h2*2-4H,1H3;2*3H2,1-2H3. The van der Waals surface area contributed by atoms with Crippen molar-refractivity contribution < 1.29 is 8.83 Å². The van der Waals surface area contributed by atoms with E-state index in [2.05, 4.69) is 27.7 Å². The van der Waals surface area contributed by atoms with Gasteiger partial charge in [0.1, 0.15) is 5.76 Å². The van der Waals surface area contributed by atoms with Gasteiger partial charge in [-0.2, -0.15) is 0 Å². The highest BCUT2D eigenvalue weighted by atomic mass is 16.3. The second kappa shape index (κ2) is 15.6. The third-order valence-electron chi connectivity index (χ3n) is 1.33. The zero-order chi connectivity index (χ0) is 14.2. The Balaban J connectivity index is 0. The summed E-state index contributed by atoms with van der Waals surface area (Å²) in [5.41, 5.74) is 1.18. The maximum Gasteiger partial charge on any atom is 0.100 e. The van der Waals surface area contributed by atoms with E-state index >= 15 is 0 Å². The summed E-state index contributed by atoms with van der Waals surface area (Å²) in [5, 5.41) is 0. The molecule has 2 heterocycles. The average molecular weight is 252 g/mol. The molecule has 0 aliphatic rings. The molecule has 0 aliphatic heterocycles. The quantitative estimate of drug-likeness (QED) is 0.574. The summed E-state index contributed by atoms with van der Waals surface area (Å²) in [4.78, 5) is 0. The molecule has 104 valence electrons. The van der Waals surface area contributed by atoms with E-state index in [1.165, 1.54) is 18.4 Å². The predicted molar refractivity (Wildman–Crippen MR) is 78.8 cm³/mol. The fourth-order valence-electron chi connectivity index (χ4n) is 0.693. The van der Waals surface area contributed by atoms with Crippen LogP contribution in [-0.2, 0) is 0 Å². The van der Waals surface area contributed by atoms with Crippen molar-refractivity contribution in [2.24, 2.45) is 0 Å². The third-order valence-corrected chi connectivity index (χ3v) is 1.33. The Morgan fingerprint density at radius 1 is 0.889 bits per heavy atom. The van der Waals surface area contributed by atoms with Crippen LogP contribution in [0.15, 0.2) is 45.8 Å². The third kappa shape index (κ3) is 17.0. The highest BCUT2D eigenvalue weighted by Gasteiger charge is 1.76. The molecule has 18 heavy (non-hydrogen) atoms. The lowest BCUT2D eigenvalue weighted by atomic mass is 10.4. The van der Waals surface area contributed by atoms with Gasteiger partial charge in [-0.05, 0) is 37.6 Å². The molecule has 2 nitrogen and oxygen atoms in total. The van der Waals surface area contributed by atoms with Crippen LogP contribution < -0.4 is 0 Å². The van der Waals surface area contributed by atoms with Crippen molar-refractivity contribution >= 4 is 0 Å². The molecule has 0 saturated heterocycles. The van der Waals surface area contributed by atoms with Crippen molar-refractivity contribution in [1.82, 2.24) is 0 Å². The van der Waals surface area contributed by atoms with Gasteiger partial charge in [0.05, 0.1) is 18.8 Å². The first-order chi connectivity index (χ1) is 8.62. The molecule has 2 heteroatoms. The molecular formula is C16H28O2. The van der Waals surface area contributed by atoms with E-state index in [-0.39, 0.29) is 0 Å². The second-order valence-corrected chi connectivity index (χ2v) is 3.94. The molecule has 0 aliphatic carbocycles. The second-order valence-electron chi connectivity index (χ2n) is 3.94. The largest absolute Gasteiger partial charge is 0.472 e. The number of aryl methyl sites for hydroxylation is 2. The van der Waals surface area contributed by atoms with Gasteiger partial charge in [0.25, 0.3) is 0 Å². The fraction of sp³-hybridized carbons (Fsp3) is 0.500. The van der Waals surface area contributed by atoms with Crippen LogP contribution in [0.5, 0.6) is 0 Å². The summed E-state index contributed by atoms with van der Waals surface area (Å²) < 4.78 is 9.55. The van der Waals surface area contributed by atoms with Gasteiger partial charge in [-0.3, -0.25) is 0 Å². The van der Waals surface area contributed by atoms with E-state index < -0.39 is 0 Å². The first-order valence-corrected chi connectivity index (χ1v) is 6.61. The summed E-state index contributed by atoms with van der Waals surface area (Å²) in [6.07, 6.45) is 7.53. The first-order valence-electron chi connectivity index (χ1n) is 6.61. The Bertz CT molecular complexity index is 272. The van der Waals surface area contributed by atoms with Gasteiger partial charge in [0, 0.05) is 0 Å². The van der Waals surface area contributed by atoms with E-state index in [1.807, 2.05) is 32.0 Å². The average Bonchev–Trinajstić information content (AvgIpc) is 2.95. The maximum atomic E-state index is 4.83. The lowest BCUT2D eigenvalue weighted by Crippen LogP contribution is -1.48. The maximum absolute atomic E-state index is 4.83. The normalized spacial score (nSPS) is 7.89. The molecule has 2 rings (SSSR count). The minimum atomic E-state index is 0.968. The van der Waals surface area contributed by atoms with Crippen molar-refractivity contribution in [3.8, 4) is 0 Å². The summed E-state index contributed by atoms with van der Waals surface area (Å²) in [6.45, 7) is 12.4. The summed E-state index contributed by atoms with van der Waals surface area (Å²) >= 11 is 0. The number of rotatable bonds is 0. The smallest absolute Gasteiger partial charge is 0.100 e. The molecule has 0 spiro atoms. The number of hydrogen-bond acceptors (Lipinski definition) is 2. The molecule has 2 aromatic rings. The summed E-state index contributed by atoms with van der Waals surface area (Å²) in [6, 6.07) is 5.70. The Labute approximate surface area is 112 Å². The van der Waals surface area contributed by atoms with E-state index in [1.54, 1.807) is 18.8 Å². The number of hydrogen-bond donors (Lipinski definition) is 0. The molecule has 0 N–H and O–H groups in total. The van der Waals surface area contributed by atoms with Gasteiger partial charge in [-0.1, -0.05) is 40.5 Å². The van der Waals surface area contributed by atoms with E-state index in [4.69, 9.17) is 8.83 Å². The van der Waals surface area contributed by atoms with Crippen LogP contribution in [0.25, 0.3) is 0 Å². The van der Waals surface area contributed by atoms with Crippen molar-refractivity contribution in [2.75, 3.05) is 0 Å². The first kappa shape index (κ1) is 18.9. The Morgan fingerprint density at radius 3 is 1.56 bits per heavy atom. The van der Waals surface area contributed by atoms with Crippen LogP contribution in [0.4, 0.5) is 0 Å². The van der Waals surface area contributed by atoms with E-state index in [9.17, 15) is 0 Å². The molecule has 2 aromatic heterocycles. The molecule has 0 aromatic carbocycles. The molecule has 0 unspecified atom stereocenters. The minimum Gasteiger partial charge on any atom is -0.472 e. The van der Waals surface area contributed by atoms with Gasteiger partial charge in [0.2, 0.25) is 0 Å². The van der Waals surface area contributed by atoms with Gasteiger partial charge in [0.15, 0.2) is 0 Å². The SMILES string of the molecule is CCC.CCC.Cc1ccco1.Cc1ccoc1. The zero-order valence-electron chi connectivity index (χ0n) is 12.7. The topological polar surface area (TPSA) is 26.3 Å². The Morgan fingerprint density at radius 2 is 1.44 bits per heavy atom. The van der Waals surface area contributed by atoms with Crippen molar-refractivity contribution in [1.29, 1.82) is 0 Å². The van der Waals surface area contributed by atoms with Crippen LogP contribution in [0.3, 0.4) is 0 Å². The summed E-state index contributed by atoms with van der Waals surface area (Å²) in [5.74, 6) is 0.968. The molecule has 0 bridgehead atoms. The highest BCUT2D eigenvalue weighted by Crippen LogP contribution is 1.93. The highest BCUT2D eigenvalue weighted by molar-refractivity contribution is 5.00. The van der Waals surface area contributed by atoms with Crippen LogP contribution in [0.1, 0.15) is 51.9 Å². The zero-order valence-corrected chi connectivity index (χ0v) is 12.7. The molecule has 0 radical (unpaired) electrons. The van der Waals surface area contributed by atoms with Crippen LogP contribution in [0.2, 0.25) is 0 Å². The van der Waals surface area contributed by atoms with Crippen molar-refractivity contribution in [2.45, 2.75) is 54.4 Å². The Kier molecular flexibility index (Phi) is 16.3. The van der Waals surface area contributed by atoms with Gasteiger partial charge in [-0.15, -0.1) is 0 Å². The lowest BCUT2D eigenvalue weighted by molar-refractivity contribution is 0.534. The van der Waals surface area contributed by atoms with Gasteiger partial charge in [-0.25, -0.2) is 0 Å². The molecule has 0 amide bonds. The predicted octanol–water partition coefficient (Wildman–Crippen LogP) is 6.01. The number of furan rings is 2. The molecule has 0 saturated carbocycles. The molecular weight excluding hydrogens is 224 g/mol. The lowest BCUT2D eigenvalue weighted by Gasteiger charge is -1.69. The summed E-state index contributed by atoms with van der Waals surface area (Å²) in [7, 11) is 0. The monoisotopic (exact) mass is 252 g/mol. The van der Waals surface area contributed by atoms with E-state index in [0.29, 0.717) is 0 Å². The molecule has 0 atom stereocenters. The molecule has 0 fully saturated rings. The van der Waals surface area contributed by atoms with E-state index in [0.717, 1.165) is 5.76 Å². The van der Waals surface area contributed by atoms with Crippen LogP contribution in [-0.4, -0.2) is 0 Å². The van der Waals surface area contributed by atoms with Gasteiger partial charge < -0.3 is 8.83 Å². The van der Waals surface area contributed by atoms with Crippen LogP contribution in [0, 0.1) is 13.8 Å². The van der Waals surface area contributed by atoms with Crippen LogP contribution >= 0.6 is 0 Å².